The Hall–Kier alpha value is -0.880. The van der Waals surface area contributed by atoms with Crippen LogP contribution in [0.1, 0.15) is 31.1 Å². The molecule has 2 unspecified atom stereocenters. The minimum absolute atomic E-state index is 0.00537. The molecule has 2 heterocycles. The summed E-state index contributed by atoms with van der Waals surface area (Å²) in [6.07, 6.45) is 2.40. The van der Waals surface area contributed by atoms with Crippen LogP contribution in [0.2, 0.25) is 0 Å². The van der Waals surface area contributed by atoms with Crippen molar-refractivity contribution in [3.63, 3.8) is 0 Å². The molecule has 5 nitrogen and oxygen atoms in total. The first kappa shape index (κ1) is 11.6. The van der Waals surface area contributed by atoms with Crippen molar-refractivity contribution in [2.24, 2.45) is 0 Å². The number of hydrogen-bond acceptors (Lipinski definition) is 4. The van der Waals surface area contributed by atoms with Gasteiger partial charge in [-0.3, -0.25) is 4.68 Å². The second-order valence-corrected chi connectivity index (χ2v) is 6.50. The van der Waals surface area contributed by atoms with Gasteiger partial charge in [0.1, 0.15) is 0 Å². The zero-order valence-corrected chi connectivity index (χ0v) is 10.4. The Labute approximate surface area is 95.8 Å². The smallest absolute Gasteiger partial charge is 0.152 e. The first-order chi connectivity index (χ1) is 7.53. The van der Waals surface area contributed by atoms with Crippen LogP contribution in [-0.4, -0.2) is 36.8 Å². The number of sulfone groups is 1. The summed E-state index contributed by atoms with van der Waals surface area (Å²) < 4.78 is 24.7. The van der Waals surface area contributed by atoms with Gasteiger partial charge in [-0.15, -0.1) is 0 Å². The highest BCUT2D eigenvalue weighted by atomic mass is 32.2. The molecule has 1 aromatic heterocycles. The van der Waals surface area contributed by atoms with Crippen LogP contribution < -0.4 is 5.32 Å². The fraction of sp³-hybridized carbons (Fsp3) is 0.700. The van der Waals surface area contributed by atoms with Crippen molar-refractivity contribution in [1.82, 2.24) is 15.1 Å². The molecule has 6 heteroatoms. The van der Waals surface area contributed by atoms with Crippen LogP contribution in [0, 0.1) is 0 Å². The van der Waals surface area contributed by atoms with E-state index in [1.54, 1.807) is 6.20 Å². The van der Waals surface area contributed by atoms with Crippen LogP contribution in [0.5, 0.6) is 0 Å². The largest absolute Gasteiger partial charge is 0.312 e. The van der Waals surface area contributed by atoms with Crippen molar-refractivity contribution < 1.29 is 8.42 Å². The van der Waals surface area contributed by atoms with Gasteiger partial charge in [-0.05, 0) is 26.5 Å². The zero-order valence-electron chi connectivity index (χ0n) is 9.55. The molecule has 1 saturated heterocycles. The van der Waals surface area contributed by atoms with E-state index in [9.17, 15) is 8.42 Å². The normalized spacial score (nSPS) is 25.8. The highest BCUT2D eigenvalue weighted by molar-refractivity contribution is 7.91. The van der Waals surface area contributed by atoms with Crippen molar-refractivity contribution in [2.75, 3.05) is 18.6 Å². The van der Waals surface area contributed by atoms with Crippen molar-refractivity contribution in [3.05, 3.63) is 18.0 Å². The quantitative estimate of drug-likeness (QED) is 0.841. The molecule has 0 radical (unpaired) electrons. The molecule has 0 aromatic carbocycles. The first-order valence-corrected chi connectivity index (χ1v) is 7.27. The molecular weight excluding hydrogens is 226 g/mol. The predicted molar refractivity (Wildman–Crippen MR) is 62.0 cm³/mol. The third kappa shape index (κ3) is 2.12. The van der Waals surface area contributed by atoms with Gasteiger partial charge < -0.3 is 5.32 Å². The Bertz CT molecular complexity index is 466. The van der Waals surface area contributed by atoms with Gasteiger partial charge in [0.15, 0.2) is 9.84 Å². The molecule has 0 amide bonds. The maximum absolute atomic E-state index is 11.4. The number of nitrogens with zero attached hydrogens (tertiary/aromatic N) is 2. The van der Waals surface area contributed by atoms with E-state index >= 15 is 0 Å². The van der Waals surface area contributed by atoms with Gasteiger partial charge in [-0.25, -0.2) is 8.42 Å². The minimum Gasteiger partial charge on any atom is -0.312 e. The summed E-state index contributed by atoms with van der Waals surface area (Å²) in [6.45, 7) is 2.04. The molecule has 1 fully saturated rings. The Morgan fingerprint density at radius 3 is 2.94 bits per heavy atom. The van der Waals surface area contributed by atoms with Crippen molar-refractivity contribution >= 4 is 9.84 Å². The van der Waals surface area contributed by atoms with Gasteiger partial charge in [-0.2, -0.15) is 5.10 Å². The van der Waals surface area contributed by atoms with E-state index in [0.717, 1.165) is 5.69 Å². The van der Waals surface area contributed by atoms with Crippen LogP contribution in [0.25, 0.3) is 0 Å². The highest BCUT2D eigenvalue weighted by Gasteiger charge is 2.31. The van der Waals surface area contributed by atoms with Crippen LogP contribution in [0.4, 0.5) is 0 Å². The predicted octanol–water partition coefficient (Wildman–Crippen LogP) is 0.523. The molecule has 1 N–H and O–H groups in total. The summed E-state index contributed by atoms with van der Waals surface area (Å²) in [6, 6.07) is 2.13. The molecule has 1 aliphatic heterocycles. The molecule has 1 aromatic rings. The Morgan fingerprint density at radius 1 is 1.62 bits per heavy atom. The van der Waals surface area contributed by atoms with Gasteiger partial charge in [0.05, 0.1) is 23.2 Å². The number of nitrogens with one attached hydrogen (secondary N) is 1. The molecule has 0 spiro atoms. The maximum Gasteiger partial charge on any atom is 0.152 e. The van der Waals surface area contributed by atoms with Crippen molar-refractivity contribution in [3.8, 4) is 0 Å². The van der Waals surface area contributed by atoms with Gasteiger partial charge in [-0.1, -0.05) is 0 Å². The SMILES string of the molecule is CNC(C)c1ccnn1C1CCS(=O)(=O)C1. The van der Waals surface area contributed by atoms with E-state index in [1.165, 1.54) is 0 Å². The number of rotatable bonds is 3. The lowest BCUT2D eigenvalue weighted by Gasteiger charge is -2.17. The lowest BCUT2D eigenvalue weighted by molar-refractivity contribution is 0.453. The van der Waals surface area contributed by atoms with E-state index in [4.69, 9.17) is 0 Å². The molecule has 16 heavy (non-hydrogen) atoms. The van der Waals surface area contributed by atoms with Crippen LogP contribution >= 0.6 is 0 Å². The lowest BCUT2D eigenvalue weighted by Crippen LogP contribution is -2.21. The maximum atomic E-state index is 11.4. The molecule has 2 atom stereocenters. The Morgan fingerprint density at radius 2 is 2.38 bits per heavy atom. The van der Waals surface area contributed by atoms with Crippen molar-refractivity contribution in [2.45, 2.75) is 25.4 Å². The molecule has 1 aliphatic rings. The number of aromatic nitrogens is 2. The van der Waals surface area contributed by atoms with E-state index in [1.807, 2.05) is 24.7 Å². The first-order valence-electron chi connectivity index (χ1n) is 5.44. The monoisotopic (exact) mass is 243 g/mol. The molecule has 90 valence electrons. The third-order valence-electron chi connectivity index (χ3n) is 3.13. The highest BCUT2D eigenvalue weighted by Crippen LogP contribution is 2.26. The second-order valence-electron chi connectivity index (χ2n) is 4.27. The van der Waals surface area contributed by atoms with E-state index in [2.05, 4.69) is 10.4 Å². The van der Waals surface area contributed by atoms with Crippen LogP contribution in [0.15, 0.2) is 12.3 Å². The zero-order chi connectivity index (χ0) is 11.8. The average Bonchev–Trinajstić information content (AvgIpc) is 2.82. The minimum atomic E-state index is -2.85. The summed E-state index contributed by atoms with van der Waals surface area (Å²) in [5.41, 5.74) is 1.05. The molecule has 0 bridgehead atoms. The third-order valence-corrected chi connectivity index (χ3v) is 4.88. The van der Waals surface area contributed by atoms with Gasteiger partial charge in [0.25, 0.3) is 0 Å². The standard InChI is InChI=1S/C10H17N3O2S/c1-8(11-2)10-3-5-12-13(10)9-4-6-16(14,15)7-9/h3,5,8-9,11H,4,6-7H2,1-2H3. The van der Waals surface area contributed by atoms with Gasteiger partial charge in [0, 0.05) is 12.2 Å². The van der Waals surface area contributed by atoms with E-state index in [-0.39, 0.29) is 23.6 Å². The van der Waals surface area contributed by atoms with Gasteiger partial charge >= 0.3 is 0 Å². The summed E-state index contributed by atoms with van der Waals surface area (Å²) in [5.74, 6) is 0.503. The topological polar surface area (TPSA) is 64.0 Å². The van der Waals surface area contributed by atoms with E-state index < -0.39 is 9.84 Å². The summed E-state index contributed by atoms with van der Waals surface area (Å²) in [5, 5.41) is 7.39. The summed E-state index contributed by atoms with van der Waals surface area (Å²) in [7, 11) is -0.970. The van der Waals surface area contributed by atoms with Crippen LogP contribution in [0.3, 0.4) is 0 Å². The Balaban J connectivity index is 2.25. The van der Waals surface area contributed by atoms with Gasteiger partial charge in [0.2, 0.25) is 0 Å². The fourth-order valence-corrected chi connectivity index (χ4v) is 3.78. The molecule has 2 rings (SSSR count). The lowest BCUT2D eigenvalue weighted by atomic mass is 10.2. The second kappa shape index (κ2) is 4.18. The number of hydrogen-bond donors (Lipinski definition) is 1. The van der Waals surface area contributed by atoms with Crippen LogP contribution in [-0.2, 0) is 9.84 Å². The Kier molecular flexibility index (Phi) is 3.03. The summed E-state index contributed by atoms with van der Waals surface area (Å²) >= 11 is 0. The molecular formula is C10H17N3O2S. The molecule has 0 saturated carbocycles. The van der Waals surface area contributed by atoms with Crippen molar-refractivity contribution in [1.29, 1.82) is 0 Å². The molecule has 0 aliphatic carbocycles. The average molecular weight is 243 g/mol. The van der Waals surface area contributed by atoms with E-state index in [0.29, 0.717) is 6.42 Å². The fourth-order valence-electron chi connectivity index (χ4n) is 2.09. The summed E-state index contributed by atoms with van der Waals surface area (Å²) in [4.78, 5) is 0.